The van der Waals surface area contributed by atoms with E-state index < -0.39 is 0 Å². The van der Waals surface area contributed by atoms with E-state index in [1.165, 1.54) is 0 Å². The third-order valence-electron chi connectivity index (χ3n) is 5.39. The van der Waals surface area contributed by atoms with Gasteiger partial charge in [-0.3, -0.25) is 14.3 Å². The SMILES string of the molecule is COCCNC(=O)CC(CC(C)C)NC(=O)c1cc(-c2c(OC)cccc2OC)n(CC(C)C)n1. The topological polar surface area (TPSA) is 104 Å². The van der Waals surface area contributed by atoms with E-state index in [0.29, 0.717) is 49.5 Å². The van der Waals surface area contributed by atoms with E-state index in [0.717, 1.165) is 11.3 Å². The van der Waals surface area contributed by atoms with Gasteiger partial charge >= 0.3 is 0 Å². The molecule has 1 aromatic heterocycles. The van der Waals surface area contributed by atoms with Gasteiger partial charge in [-0.15, -0.1) is 0 Å². The highest BCUT2D eigenvalue weighted by Gasteiger charge is 2.24. The molecular formula is C26H40N4O5. The van der Waals surface area contributed by atoms with Crippen LogP contribution >= 0.6 is 0 Å². The van der Waals surface area contributed by atoms with E-state index >= 15 is 0 Å². The van der Waals surface area contributed by atoms with Crippen molar-refractivity contribution in [1.82, 2.24) is 20.4 Å². The minimum Gasteiger partial charge on any atom is -0.496 e. The lowest BCUT2D eigenvalue weighted by Gasteiger charge is -2.20. The van der Waals surface area contributed by atoms with Gasteiger partial charge in [-0.05, 0) is 36.5 Å². The summed E-state index contributed by atoms with van der Waals surface area (Å²) >= 11 is 0. The Morgan fingerprint density at radius 2 is 1.69 bits per heavy atom. The summed E-state index contributed by atoms with van der Waals surface area (Å²) in [6.45, 7) is 9.78. The van der Waals surface area contributed by atoms with Crippen molar-refractivity contribution in [2.75, 3.05) is 34.5 Å². The van der Waals surface area contributed by atoms with Gasteiger partial charge < -0.3 is 24.8 Å². The van der Waals surface area contributed by atoms with Gasteiger partial charge in [0.05, 0.1) is 32.1 Å². The summed E-state index contributed by atoms with van der Waals surface area (Å²) in [6, 6.07) is 7.00. The first-order valence-electron chi connectivity index (χ1n) is 12.1. The maximum Gasteiger partial charge on any atom is 0.272 e. The molecule has 0 saturated carbocycles. The molecule has 0 fully saturated rings. The largest absolute Gasteiger partial charge is 0.496 e. The lowest BCUT2D eigenvalue weighted by atomic mass is 10.0. The molecular weight excluding hydrogens is 448 g/mol. The zero-order chi connectivity index (χ0) is 26.0. The molecule has 0 bridgehead atoms. The number of carbonyl (C=O) groups is 2. The van der Waals surface area contributed by atoms with Gasteiger partial charge in [0.1, 0.15) is 11.5 Å². The smallest absolute Gasteiger partial charge is 0.272 e. The number of aromatic nitrogens is 2. The Hall–Kier alpha value is -3.07. The van der Waals surface area contributed by atoms with Crippen molar-refractivity contribution in [2.24, 2.45) is 11.8 Å². The highest BCUT2D eigenvalue weighted by atomic mass is 16.5. The van der Waals surface area contributed by atoms with Crippen molar-refractivity contribution < 1.29 is 23.8 Å². The van der Waals surface area contributed by atoms with Gasteiger partial charge in [-0.2, -0.15) is 5.10 Å². The molecule has 0 aliphatic carbocycles. The van der Waals surface area contributed by atoms with Crippen molar-refractivity contribution in [3.8, 4) is 22.8 Å². The van der Waals surface area contributed by atoms with Gasteiger partial charge in [0.25, 0.3) is 5.91 Å². The summed E-state index contributed by atoms with van der Waals surface area (Å²) in [6.07, 6.45) is 0.858. The number of carbonyl (C=O) groups excluding carboxylic acids is 2. The molecule has 1 heterocycles. The number of rotatable bonds is 14. The van der Waals surface area contributed by atoms with Crippen molar-refractivity contribution in [1.29, 1.82) is 0 Å². The molecule has 1 unspecified atom stereocenters. The summed E-state index contributed by atoms with van der Waals surface area (Å²) in [5.41, 5.74) is 1.75. The molecule has 0 spiro atoms. The first-order chi connectivity index (χ1) is 16.7. The Morgan fingerprint density at radius 1 is 1.03 bits per heavy atom. The average Bonchev–Trinajstić information content (AvgIpc) is 3.20. The first-order valence-corrected chi connectivity index (χ1v) is 12.1. The lowest BCUT2D eigenvalue weighted by Crippen LogP contribution is -2.40. The van der Waals surface area contributed by atoms with E-state index in [1.807, 2.05) is 22.9 Å². The van der Waals surface area contributed by atoms with Crippen LogP contribution in [-0.4, -0.2) is 62.1 Å². The third kappa shape index (κ3) is 8.28. The standard InChI is InChI=1S/C26H40N4O5/c1-17(2)13-19(14-24(31)27-11-12-33-5)28-26(32)20-15-21(30(29-20)16-18(3)4)25-22(34-6)9-8-10-23(25)35-7/h8-10,15,17-19H,11-14,16H2,1-7H3,(H,27,31)(H,28,32). The van der Waals surface area contributed by atoms with Crippen LogP contribution in [0.15, 0.2) is 24.3 Å². The Labute approximate surface area is 208 Å². The summed E-state index contributed by atoms with van der Waals surface area (Å²) in [7, 11) is 4.79. The van der Waals surface area contributed by atoms with E-state index in [4.69, 9.17) is 14.2 Å². The van der Waals surface area contributed by atoms with Crippen LogP contribution in [0.2, 0.25) is 0 Å². The molecule has 2 aromatic rings. The molecule has 2 amide bonds. The predicted molar refractivity (Wildman–Crippen MR) is 136 cm³/mol. The number of benzene rings is 1. The normalized spacial score (nSPS) is 12.0. The minimum atomic E-state index is -0.321. The predicted octanol–water partition coefficient (Wildman–Crippen LogP) is 3.52. The number of nitrogens with zero attached hydrogens (tertiary/aromatic N) is 2. The maximum absolute atomic E-state index is 13.3. The average molecular weight is 489 g/mol. The molecule has 0 aliphatic rings. The number of ether oxygens (including phenoxy) is 3. The lowest BCUT2D eigenvalue weighted by molar-refractivity contribution is -0.121. The number of hydrogen-bond donors (Lipinski definition) is 2. The fourth-order valence-corrected chi connectivity index (χ4v) is 3.93. The summed E-state index contributed by atoms with van der Waals surface area (Å²) in [4.78, 5) is 25.6. The van der Waals surface area contributed by atoms with Crippen LogP contribution in [0.3, 0.4) is 0 Å². The van der Waals surface area contributed by atoms with Crippen LogP contribution in [0.25, 0.3) is 11.3 Å². The maximum atomic E-state index is 13.3. The number of hydrogen-bond acceptors (Lipinski definition) is 6. The number of amides is 2. The molecule has 9 heteroatoms. The van der Waals surface area contributed by atoms with Gasteiger partial charge in [0.15, 0.2) is 5.69 Å². The molecule has 2 N–H and O–H groups in total. The summed E-state index contributed by atoms with van der Waals surface area (Å²) in [5, 5.41) is 10.5. The van der Waals surface area contributed by atoms with Crippen LogP contribution in [0.4, 0.5) is 0 Å². The quantitative estimate of drug-likeness (QED) is 0.395. The van der Waals surface area contributed by atoms with Crippen LogP contribution in [0.5, 0.6) is 11.5 Å². The Morgan fingerprint density at radius 3 is 2.23 bits per heavy atom. The van der Waals surface area contributed by atoms with E-state index in [-0.39, 0.29) is 30.0 Å². The molecule has 35 heavy (non-hydrogen) atoms. The highest BCUT2D eigenvalue weighted by molar-refractivity contribution is 5.94. The fraction of sp³-hybridized carbons (Fsp3) is 0.577. The third-order valence-corrected chi connectivity index (χ3v) is 5.39. The molecule has 1 atom stereocenters. The van der Waals surface area contributed by atoms with Gasteiger partial charge in [0.2, 0.25) is 5.91 Å². The number of methoxy groups -OCH3 is 3. The Balaban J connectivity index is 2.35. The molecule has 0 saturated heterocycles. The van der Waals surface area contributed by atoms with Crippen LogP contribution in [0, 0.1) is 11.8 Å². The molecule has 0 radical (unpaired) electrons. The van der Waals surface area contributed by atoms with Crippen molar-refractivity contribution in [2.45, 2.75) is 53.1 Å². The zero-order valence-corrected chi connectivity index (χ0v) is 22.0. The van der Waals surface area contributed by atoms with Crippen LogP contribution in [0.1, 0.15) is 51.0 Å². The second-order valence-corrected chi connectivity index (χ2v) is 9.38. The summed E-state index contributed by atoms with van der Waals surface area (Å²) < 4.78 is 18.0. The monoisotopic (exact) mass is 488 g/mol. The van der Waals surface area contributed by atoms with Crippen LogP contribution < -0.4 is 20.1 Å². The molecule has 194 valence electrons. The van der Waals surface area contributed by atoms with E-state index in [1.54, 1.807) is 27.4 Å². The van der Waals surface area contributed by atoms with Gasteiger partial charge in [-0.1, -0.05) is 33.8 Å². The highest BCUT2D eigenvalue weighted by Crippen LogP contribution is 2.38. The first kappa shape index (κ1) is 28.2. The van der Waals surface area contributed by atoms with Crippen LogP contribution in [-0.2, 0) is 16.1 Å². The Bertz CT molecular complexity index is 948. The molecule has 9 nitrogen and oxygen atoms in total. The molecule has 2 rings (SSSR count). The molecule has 0 aliphatic heterocycles. The number of nitrogens with one attached hydrogen (secondary N) is 2. The Kier molecular flexibility index (Phi) is 11.0. The minimum absolute atomic E-state index is 0.127. The second-order valence-electron chi connectivity index (χ2n) is 9.38. The van der Waals surface area contributed by atoms with Crippen molar-refractivity contribution in [3.63, 3.8) is 0 Å². The summed E-state index contributed by atoms with van der Waals surface area (Å²) in [5.74, 6) is 1.42. The van der Waals surface area contributed by atoms with Gasteiger partial charge in [0, 0.05) is 32.7 Å². The van der Waals surface area contributed by atoms with Crippen molar-refractivity contribution >= 4 is 11.8 Å². The second kappa shape index (κ2) is 13.7. The molecule has 1 aromatic carbocycles. The van der Waals surface area contributed by atoms with Gasteiger partial charge in [-0.25, -0.2) is 0 Å². The fourth-order valence-electron chi connectivity index (χ4n) is 3.93. The zero-order valence-electron chi connectivity index (χ0n) is 22.0. The van der Waals surface area contributed by atoms with Crippen molar-refractivity contribution in [3.05, 3.63) is 30.0 Å². The van der Waals surface area contributed by atoms with E-state index in [2.05, 4.69) is 43.4 Å². The van der Waals surface area contributed by atoms with E-state index in [9.17, 15) is 9.59 Å².